The molecule has 8 heteroatoms. The summed E-state index contributed by atoms with van der Waals surface area (Å²) in [6.07, 6.45) is 9.66. The van der Waals surface area contributed by atoms with E-state index >= 15 is 0 Å². The number of carbonyl (C=O) groups excluding carboxylic acids is 1. The number of methoxy groups -OCH3 is 1. The zero-order chi connectivity index (χ0) is 18.6. The van der Waals surface area contributed by atoms with Crippen molar-refractivity contribution in [3.63, 3.8) is 0 Å². The van der Waals surface area contributed by atoms with Crippen molar-refractivity contribution in [1.29, 1.82) is 0 Å². The van der Waals surface area contributed by atoms with Crippen molar-refractivity contribution < 1.29 is 14.3 Å². The quantitative estimate of drug-likeness (QED) is 0.194. The van der Waals surface area contributed by atoms with E-state index in [1.165, 1.54) is 45.6 Å². The number of ether oxygens (including phenoxy) is 2. The van der Waals surface area contributed by atoms with Crippen molar-refractivity contribution in [2.24, 2.45) is 4.99 Å². The molecule has 2 fully saturated rings. The first-order chi connectivity index (χ1) is 12.7. The summed E-state index contributed by atoms with van der Waals surface area (Å²) >= 11 is 0. The number of carbonyl (C=O) groups is 1. The lowest BCUT2D eigenvalue weighted by Gasteiger charge is -2.32. The number of halogens is 1. The van der Waals surface area contributed by atoms with Gasteiger partial charge in [0.25, 0.3) is 0 Å². The predicted octanol–water partition coefficient (Wildman–Crippen LogP) is 3.13. The van der Waals surface area contributed by atoms with Crippen molar-refractivity contribution in [3.05, 3.63) is 0 Å². The topological polar surface area (TPSA) is 75.2 Å². The Hall–Kier alpha value is -0.770. The van der Waals surface area contributed by atoms with Gasteiger partial charge in [-0.15, -0.1) is 24.0 Å². The number of rotatable bonds is 6. The van der Waals surface area contributed by atoms with E-state index < -0.39 is 0 Å². The van der Waals surface area contributed by atoms with Gasteiger partial charge in [-0.25, -0.2) is 4.79 Å². The van der Waals surface area contributed by atoms with Gasteiger partial charge in [0.2, 0.25) is 0 Å². The molecular formula is C19H37IN4O3. The van der Waals surface area contributed by atoms with Crippen LogP contribution in [0.3, 0.4) is 0 Å². The Balaban J connectivity index is 0.00000364. The molecule has 2 N–H and O–H groups in total. The fraction of sp³-hybridized carbons (Fsp3) is 0.895. The monoisotopic (exact) mass is 496 g/mol. The third-order valence-electron chi connectivity index (χ3n) is 5.13. The molecule has 0 aromatic carbocycles. The average molecular weight is 496 g/mol. The van der Waals surface area contributed by atoms with Gasteiger partial charge in [-0.3, -0.25) is 4.99 Å². The molecule has 0 atom stereocenters. The van der Waals surface area contributed by atoms with E-state index in [-0.39, 0.29) is 30.1 Å². The Morgan fingerprint density at radius 3 is 2.37 bits per heavy atom. The van der Waals surface area contributed by atoms with Crippen LogP contribution < -0.4 is 10.6 Å². The molecule has 2 aliphatic rings. The average Bonchev–Trinajstić information content (AvgIpc) is 2.94. The molecule has 0 aromatic heterocycles. The van der Waals surface area contributed by atoms with Crippen molar-refractivity contribution in [1.82, 2.24) is 15.5 Å². The number of hydrogen-bond acceptors (Lipinski definition) is 4. The van der Waals surface area contributed by atoms with Crippen LogP contribution in [0.5, 0.6) is 0 Å². The number of aliphatic imine (C=N–C) groups is 1. The fourth-order valence-electron chi connectivity index (χ4n) is 3.63. The summed E-state index contributed by atoms with van der Waals surface area (Å²) in [6, 6.07) is 0.330. The third-order valence-corrected chi connectivity index (χ3v) is 5.13. The Kier molecular flexibility index (Phi) is 12.8. The van der Waals surface area contributed by atoms with Crippen molar-refractivity contribution in [2.45, 2.75) is 70.4 Å². The maximum atomic E-state index is 11.6. The standard InChI is InChI=1S/C19H36N4O3.HI/c1-3-20-18(21-12-15-26-17-8-6-4-5-7-9-17)22-16-10-13-23(14-11-16)19(24)25-2;/h16-17H,3-15H2,1-2H3,(H2,20,21,22);1H. The van der Waals surface area contributed by atoms with Crippen LogP contribution in [0.2, 0.25) is 0 Å². The van der Waals surface area contributed by atoms with Crippen LogP contribution >= 0.6 is 24.0 Å². The van der Waals surface area contributed by atoms with Crippen LogP contribution in [0.15, 0.2) is 4.99 Å². The third kappa shape index (κ3) is 9.32. The molecular weight excluding hydrogens is 459 g/mol. The molecule has 0 radical (unpaired) electrons. The van der Waals surface area contributed by atoms with Gasteiger partial charge in [0, 0.05) is 25.7 Å². The number of nitrogens with one attached hydrogen (secondary N) is 2. The molecule has 1 heterocycles. The number of amides is 1. The molecule has 1 amide bonds. The Morgan fingerprint density at radius 2 is 1.78 bits per heavy atom. The zero-order valence-corrected chi connectivity index (χ0v) is 19.2. The summed E-state index contributed by atoms with van der Waals surface area (Å²) in [7, 11) is 1.43. The van der Waals surface area contributed by atoms with E-state index in [2.05, 4.69) is 22.5 Å². The SMILES string of the molecule is CCNC(=NCCOC1CCCCCC1)NC1CCN(C(=O)OC)CC1.I. The van der Waals surface area contributed by atoms with Gasteiger partial charge in [0.05, 0.1) is 26.4 Å². The van der Waals surface area contributed by atoms with E-state index in [0.29, 0.717) is 38.4 Å². The van der Waals surface area contributed by atoms with Crippen molar-refractivity contribution in [2.75, 3.05) is 39.9 Å². The smallest absolute Gasteiger partial charge is 0.409 e. The van der Waals surface area contributed by atoms with Gasteiger partial charge in [-0.1, -0.05) is 25.7 Å². The summed E-state index contributed by atoms with van der Waals surface area (Å²) in [5, 5.41) is 6.79. The molecule has 7 nitrogen and oxygen atoms in total. The van der Waals surface area contributed by atoms with Crippen LogP contribution in [-0.4, -0.2) is 69.0 Å². The first-order valence-electron chi connectivity index (χ1n) is 10.2. The maximum absolute atomic E-state index is 11.6. The number of nitrogens with zero attached hydrogens (tertiary/aromatic N) is 2. The van der Waals surface area contributed by atoms with Crippen LogP contribution in [0, 0.1) is 0 Å². The largest absolute Gasteiger partial charge is 0.453 e. The molecule has 0 bridgehead atoms. The molecule has 0 aromatic rings. The second-order valence-electron chi connectivity index (χ2n) is 7.12. The van der Waals surface area contributed by atoms with E-state index in [1.807, 2.05) is 0 Å². The van der Waals surface area contributed by atoms with E-state index in [0.717, 1.165) is 25.3 Å². The first kappa shape index (κ1) is 24.3. The highest BCUT2D eigenvalue weighted by Crippen LogP contribution is 2.19. The second kappa shape index (κ2) is 14.3. The highest BCUT2D eigenvalue weighted by Gasteiger charge is 2.23. The second-order valence-corrected chi connectivity index (χ2v) is 7.12. The Bertz CT molecular complexity index is 435. The van der Waals surface area contributed by atoms with Crippen LogP contribution in [0.1, 0.15) is 58.3 Å². The van der Waals surface area contributed by atoms with Crippen LogP contribution in [0.25, 0.3) is 0 Å². The fourth-order valence-corrected chi connectivity index (χ4v) is 3.63. The predicted molar refractivity (Wildman–Crippen MR) is 119 cm³/mol. The van der Waals surface area contributed by atoms with E-state index in [4.69, 9.17) is 9.47 Å². The minimum absolute atomic E-state index is 0. The number of guanidine groups is 1. The molecule has 0 spiro atoms. The zero-order valence-electron chi connectivity index (χ0n) is 16.9. The normalized spacial score (nSPS) is 19.8. The van der Waals surface area contributed by atoms with Crippen LogP contribution in [-0.2, 0) is 9.47 Å². The molecule has 2 rings (SSSR count). The molecule has 0 unspecified atom stereocenters. The molecule has 1 saturated heterocycles. The van der Waals surface area contributed by atoms with E-state index in [9.17, 15) is 4.79 Å². The molecule has 158 valence electrons. The minimum atomic E-state index is -0.236. The summed E-state index contributed by atoms with van der Waals surface area (Å²) < 4.78 is 10.8. The van der Waals surface area contributed by atoms with Crippen molar-refractivity contribution in [3.8, 4) is 0 Å². The number of piperidine rings is 1. The number of hydrogen-bond donors (Lipinski definition) is 2. The van der Waals surface area contributed by atoms with Gasteiger partial charge >= 0.3 is 6.09 Å². The van der Waals surface area contributed by atoms with Gasteiger partial charge in [-0.2, -0.15) is 0 Å². The summed E-state index contributed by atoms with van der Waals surface area (Å²) in [5.74, 6) is 0.841. The first-order valence-corrected chi connectivity index (χ1v) is 10.2. The van der Waals surface area contributed by atoms with Gasteiger partial charge in [0.15, 0.2) is 5.96 Å². The minimum Gasteiger partial charge on any atom is -0.453 e. The lowest BCUT2D eigenvalue weighted by Crippen LogP contribution is -2.49. The van der Waals surface area contributed by atoms with Gasteiger partial charge in [-0.05, 0) is 32.6 Å². The maximum Gasteiger partial charge on any atom is 0.409 e. The Labute approximate surface area is 181 Å². The van der Waals surface area contributed by atoms with Gasteiger partial charge < -0.3 is 25.0 Å². The lowest BCUT2D eigenvalue weighted by molar-refractivity contribution is 0.0487. The molecule has 1 aliphatic heterocycles. The highest BCUT2D eigenvalue weighted by atomic mass is 127. The summed E-state index contributed by atoms with van der Waals surface area (Å²) in [4.78, 5) is 18.0. The summed E-state index contributed by atoms with van der Waals surface area (Å²) in [6.45, 7) is 5.69. The molecule has 1 saturated carbocycles. The van der Waals surface area contributed by atoms with Gasteiger partial charge in [0.1, 0.15) is 0 Å². The van der Waals surface area contributed by atoms with Crippen molar-refractivity contribution >= 4 is 36.0 Å². The molecule has 27 heavy (non-hydrogen) atoms. The number of likely N-dealkylation sites (tertiary alicyclic amines) is 1. The van der Waals surface area contributed by atoms with Crippen LogP contribution in [0.4, 0.5) is 4.79 Å². The lowest BCUT2D eigenvalue weighted by atomic mass is 10.1. The Morgan fingerprint density at radius 1 is 1.11 bits per heavy atom. The summed E-state index contributed by atoms with van der Waals surface area (Å²) in [5.41, 5.74) is 0. The molecule has 1 aliphatic carbocycles. The van der Waals surface area contributed by atoms with E-state index in [1.54, 1.807) is 4.90 Å². The highest BCUT2D eigenvalue weighted by molar-refractivity contribution is 14.0.